The minimum atomic E-state index is -0.879. The molecule has 0 unspecified atom stereocenters. The molecule has 0 spiro atoms. The number of hydrogen-bond acceptors (Lipinski definition) is 3. The maximum absolute atomic E-state index is 11.8. The molecule has 0 saturated heterocycles. The second-order valence-electron chi connectivity index (χ2n) is 4.66. The summed E-state index contributed by atoms with van der Waals surface area (Å²) in [6, 6.07) is 7.46. The summed E-state index contributed by atoms with van der Waals surface area (Å²) < 4.78 is 5.25. The summed E-state index contributed by atoms with van der Waals surface area (Å²) in [5.41, 5.74) is 5.79. The first-order valence-corrected chi connectivity index (χ1v) is 5.59. The number of nitrogens with two attached hydrogens (primary N) is 1. The van der Waals surface area contributed by atoms with Crippen LogP contribution in [0.15, 0.2) is 24.3 Å². The van der Waals surface area contributed by atoms with E-state index >= 15 is 0 Å². The molecule has 1 atom stereocenters. The SMILES string of the molecule is COc1ccccc1[C@@H](C)NC(=O)C(C)(C)N. The molecule has 17 heavy (non-hydrogen) atoms. The number of methoxy groups -OCH3 is 1. The molecule has 0 aliphatic heterocycles. The van der Waals surface area contributed by atoms with Crippen molar-refractivity contribution in [1.29, 1.82) is 0 Å². The Kier molecular flexibility index (Phi) is 4.12. The highest BCUT2D eigenvalue weighted by Crippen LogP contribution is 2.24. The highest BCUT2D eigenvalue weighted by molar-refractivity contribution is 5.85. The minimum Gasteiger partial charge on any atom is -0.496 e. The summed E-state index contributed by atoms with van der Waals surface area (Å²) in [6.07, 6.45) is 0. The van der Waals surface area contributed by atoms with E-state index in [1.165, 1.54) is 0 Å². The quantitative estimate of drug-likeness (QED) is 0.834. The Morgan fingerprint density at radius 2 is 2.00 bits per heavy atom. The van der Waals surface area contributed by atoms with Gasteiger partial charge in [-0.15, -0.1) is 0 Å². The molecule has 94 valence electrons. The Hall–Kier alpha value is -1.55. The van der Waals surface area contributed by atoms with Gasteiger partial charge in [-0.25, -0.2) is 0 Å². The topological polar surface area (TPSA) is 64.3 Å². The zero-order valence-electron chi connectivity index (χ0n) is 10.8. The molecule has 1 aromatic rings. The highest BCUT2D eigenvalue weighted by Gasteiger charge is 2.24. The molecule has 0 heterocycles. The first-order chi connectivity index (χ1) is 7.86. The first kappa shape index (κ1) is 13.5. The van der Waals surface area contributed by atoms with Gasteiger partial charge in [-0.3, -0.25) is 4.79 Å². The second-order valence-corrected chi connectivity index (χ2v) is 4.66. The van der Waals surface area contributed by atoms with Gasteiger partial charge in [-0.1, -0.05) is 18.2 Å². The van der Waals surface area contributed by atoms with E-state index in [9.17, 15) is 4.79 Å². The van der Waals surface area contributed by atoms with Crippen molar-refractivity contribution in [3.8, 4) is 5.75 Å². The van der Waals surface area contributed by atoms with Crippen LogP contribution < -0.4 is 15.8 Å². The molecule has 0 saturated carbocycles. The van der Waals surface area contributed by atoms with Crippen LogP contribution in [0, 0.1) is 0 Å². The lowest BCUT2D eigenvalue weighted by Gasteiger charge is -2.23. The number of para-hydroxylation sites is 1. The van der Waals surface area contributed by atoms with Gasteiger partial charge >= 0.3 is 0 Å². The highest BCUT2D eigenvalue weighted by atomic mass is 16.5. The van der Waals surface area contributed by atoms with Crippen molar-refractivity contribution in [3.63, 3.8) is 0 Å². The summed E-state index contributed by atoms with van der Waals surface area (Å²) in [4.78, 5) is 11.8. The average molecular weight is 236 g/mol. The molecule has 0 bridgehead atoms. The third kappa shape index (κ3) is 3.46. The van der Waals surface area contributed by atoms with E-state index < -0.39 is 5.54 Å². The largest absolute Gasteiger partial charge is 0.496 e. The van der Waals surface area contributed by atoms with E-state index in [1.807, 2.05) is 31.2 Å². The molecule has 0 fully saturated rings. The van der Waals surface area contributed by atoms with Crippen molar-refractivity contribution in [2.75, 3.05) is 7.11 Å². The van der Waals surface area contributed by atoms with Crippen molar-refractivity contribution in [3.05, 3.63) is 29.8 Å². The number of amides is 1. The Morgan fingerprint density at radius 3 is 2.53 bits per heavy atom. The van der Waals surface area contributed by atoms with Crippen LogP contribution in [0.2, 0.25) is 0 Å². The molecular weight excluding hydrogens is 216 g/mol. The zero-order valence-corrected chi connectivity index (χ0v) is 10.8. The van der Waals surface area contributed by atoms with E-state index in [0.29, 0.717) is 0 Å². The lowest BCUT2D eigenvalue weighted by atomic mass is 10.0. The Balaban J connectivity index is 2.83. The van der Waals surface area contributed by atoms with Gasteiger partial charge in [0.15, 0.2) is 0 Å². The number of ether oxygens (including phenoxy) is 1. The third-order valence-corrected chi connectivity index (χ3v) is 2.54. The third-order valence-electron chi connectivity index (χ3n) is 2.54. The van der Waals surface area contributed by atoms with Crippen molar-refractivity contribution in [2.24, 2.45) is 5.73 Å². The van der Waals surface area contributed by atoms with Gasteiger partial charge in [0.2, 0.25) is 5.91 Å². The molecule has 1 amide bonds. The molecule has 1 rings (SSSR count). The first-order valence-electron chi connectivity index (χ1n) is 5.59. The number of carbonyl (C=O) groups excluding carboxylic acids is 1. The van der Waals surface area contributed by atoms with Gasteiger partial charge in [0.1, 0.15) is 5.75 Å². The van der Waals surface area contributed by atoms with E-state index in [2.05, 4.69) is 5.32 Å². The Morgan fingerprint density at radius 1 is 1.41 bits per heavy atom. The average Bonchev–Trinajstić information content (AvgIpc) is 2.27. The summed E-state index contributed by atoms with van der Waals surface area (Å²) in [5.74, 6) is 0.575. The lowest BCUT2D eigenvalue weighted by molar-refractivity contribution is -0.125. The van der Waals surface area contributed by atoms with Gasteiger partial charge < -0.3 is 15.8 Å². The summed E-state index contributed by atoms with van der Waals surface area (Å²) >= 11 is 0. The van der Waals surface area contributed by atoms with Crippen LogP contribution in [0.4, 0.5) is 0 Å². The van der Waals surface area contributed by atoms with Gasteiger partial charge in [0, 0.05) is 5.56 Å². The monoisotopic (exact) mass is 236 g/mol. The molecule has 0 radical (unpaired) electrons. The molecule has 4 heteroatoms. The van der Waals surface area contributed by atoms with Crippen molar-refractivity contribution < 1.29 is 9.53 Å². The molecule has 4 nitrogen and oxygen atoms in total. The van der Waals surface area contributed by atoms with Gasteiger partial charge in [-0.2, -0.15) is 0 Å². The van der Waals surface area contributed by atoms with Crippen molar-refractivity contribution >= 4 is 5.91 Å². The maximum atomic E-state index is 11.8. The van der Waals surface area contributed by atoms with Crippen LogP contribution in [0.25, 0.3) is 0 Å². The fourth-order valence-electron chi connectivity index (χ4n) is 1.48. The van der Waals surface area contributed by atoms with Gasteiger partial charge in [0.25, 0.3) is 0 Å². The number of hydrogen-bond donors (Lipinski definition) is 2. The molecular formula is C13H20N2O2. The van der Waals surface area contributed by atoms with Gasteiger partial charge in [0.05, 0.1) is 18.7 Å². The van der Waals surface area contributed by atoms with E-state index in [1.54, 1.807) is 21.0 Å². The predicted molar refractivity (Wildman–Crippen MR) is 67.8 cm³/mol. The Bertz CT molecular complexity index is 397. The van der Waals surface area contributed by atoms with Crippen LogP contribution in [0.1, 0.15) is 32.4 Å². The molecule has 0 aromatic heterocycles. The molecule has 1 aromatic carbocycles. The van der Waals surface area contributed by atoms with Gasteiger partial charge in [-0.05, 0) is 26.8 Å². The van der Waals surface area contributed by atoms with Crippen LogP contribution >= 0.6 is 0 Å². The Labute approximate surface area is 102 Å². The predicted octanol–water partition coefficient (Wildman–Crippen LogP) is 1.61. The summed E-state index contributed by atoms with van der Waals surface area (Å²) in [5, 5.41) is 2.87. The maximum Gasteiger partial charge on any atom is 0.239 e. The standard InChI is InChI=1S/C13H20N2O2/c1-9(15-12(16)13(2,3)14)10-7-5-6-8-11(10)17-4/h5-9H,14H2,1-4H3,(H,15,16)/t9-/m1/s1. The lowest BCUT2D eigenvalue weighted by Crippen LogP contribution is -2.49. The molecule has 0 aliphatic carbocycles. The van der Waals surface area contributed by atoms with Crippen LogP contribution in [0.5, 0.6) is 5.75 Å². The smallest absolute Gasteiger partial charge is 0.239 e. The fraction of sp³-hybridized carbons (Fsp3) is 0.462. The molecule has 0 aliphatic rings. The van der Waals surface area contributed by atoms with E-state index in [0.717, 1.165) is 11.3 Å². The zero-order chi connectivity index (χ0) is 13.1. The number of rotatable bonds is 4. The second kappa shape index (κ2) is 5.19. The minimum absolute atomic E-state index is 0.138. The summed E-state index contributed by atoms with van der Waals surface area (Å²) in [6.45, 7) is 5.26. The van der Waals surface area contributed by atoms with Crippen LogP contribution in [0.3, 0.4) is 0 Å². The summed E-state index contributed by atoms with van der Waals surface area (Å²) in [7, 11) is 1.61. The fourth-order valence-corrected chi connectivity index (χ4v) is 1.48. The molecule has 3 N–H and O–H groups in total. The van der Waals surface area contributed by atoms with Crippen LogP contribution in [-0.4, -0.2) is 18.6 Å². The van der Waals surface area contributed by atoms with E-state index in [4.69, 9.17) is 10.5 Å². The number of benzene rings is 1. The van der Waals surface area contributed by atoms with Crippen LogP contribution in [-0.2, 0) is 4.79 Å². The van der Waals surface area contributed by atoms with Crippen molar-refractivity contribution in [1.82, 2.24) is 5.32 Å². The normalized spacial score (nSPS) is 13.0. The number of carbonyl (C=O) groups is 1. The van der Waals surface area contributed by atoms with E-state index in [-0.39, 0.29) is 11.9 Å². The number of nitrogens with one attached hydrogen (secondary N) is 1. The van der Waals surface area contributed by atoms with Crippen molar-refractivity contribution in [2.45, 2.75) is 32.4 Å².